The molecule has 0 saturated carbocycles. The third-order valence-corrected chi connectivity index (χ3v) is 7.74. The van der Waals surface area contributed by atoms with Crippen LogP contribution in [0.5, 0.6) is 17.2 Å². The van der Waals surface area contributed by atoms with Crippen LogP contribution in [0.1, 0.15) is 34.2 Å². The van der Waals surface area contributed by atoms with Crippen LogP contribution in [0.4, 0.5) is 0 Å². The van der Waals surface area contributed by atoms with Crippen molar-refractivity contribution in [3.05, 3.63) is 88.5 Å². The second-order valence-corrected chi connectivity index (χ2v) is 10.1. The van der Waals surface area contributed by atoms with E-state index in [1.165, 1.54) is 22.3 Å². The molecule has 2 heterocycles. The summed E-state index contributed by atoms with van der Waals surface area (Å²) in [6, 6.07) is 20.5. The maximum absolute atomic E-state index is 13.4. The van der Waals surface area contributed by atoms with Gasteiger partial charge in [0.05, 0.1) is 13.2 Å². The van der Waals surface area contributed by atoms with E-state index in [-0.39, 0.29) is 24.8 Å². The van der Waals surface area contributed by atoms with Gasteiger partial charge >= 0.3 is 0 Å². The van der Waals surface area contributed by atoms with Gasteiger partial charge < -0.3 is 24.8 Å². The Hall–Kier alpha value is -3.55. The fourth-order valence-corrected chi connectivity index (χ4v) is 5.38. The molecule has 38 heavy (non-hydrogen) atoms. The van der Waals surface area contributed by atoms with Gasteiger partial charge in [-0.2, -0.15) is 0 Å². The minimum absolute atomic E-state index is 0.0856. The Morgan fingerprint density at radius 2 is 1.82 bits per heavy atom. The highest BCUT2D eigenvalue weighted by molar-refractivity contribution is 5.82. The molecule has 0 radical (unpaired) electrons. The quantitative estimate of drug-likeness (QED) is 0.423. The number of benzene rings is 3. The number of hydrogen-bond acceptors (Lipinski definition) is 6. The second kappa shape index (κ2) is 11.9. The summed E-state index contributed by atoms with van der Waals surface area (Å²) in [6.45, 7) is 7.42. The SMILES string of the molecule is COc1ccc(CN[C@H]2C[C@@H](C(=O)NCCc3ccc4c(c3)OCO4)N(Cc3ccccc3)C2)c(C)c1C. The molecule has 5 rings (SSSR count). The fraction of sp³-hybridized carbons (Fsp3) is 0.387. The van der Waals surface area contributed by atoms with Gasteiger partial charge in [-0.25, -0.2) is 0 Å². The number of nitrogens with one attached hydrogen (secondary N) is 2. The largest absolute Gasteiger partial charge is 0.496 e. The summed E-state index contributed by atoms with van der Waals surface area (Å²) < 4.78 is 16.3. The molecule has 0 unspecified atom stereocenters. The number of likely N-dealkylation sites (tertiary alicyclic amines) is 1. The number of rotatable bonds is 10. The van der Waals surface area contributed by atoms with Gasteiger partial charge in [0.25, 0.3) is 0 Å². The number of nitrogens with zero attached hydrogens (tertiary/aromatic N) is 1. The molecular formula is C31H37N3O4. The predicted molar refractivity (Wildman–Crippen MR) is 148 cm³/mol. The summed E-state index contributed by atoms with van der Waals surface area (Å²) in [6.07, 6.45) is 1.52. The number of carbonyl (C=O) groups is 1. The molecule has 0 aromatic heterocycles. The lowest BCUT2D eigenvalue weighted by atomic mass is 10.0. The normalized spacial score (nSPS) is 18.5. The Morgan fingerprint density at radius 3 is 2.63 bits per heavy atom. The Kier molecular flexibility index (Phi) is 8.15. The summed E-state index contributed by atoms with van der Waals surface area (Å²) >= 11 is 0. The summed E-state index contributed by atoms with van der Waals surface area (Å²) in [4.78, 5) is 15.7. The highest BCUT2D eigenvalue weighted by Crippen LogP contribution is 2.32. The lowest BCUT2D eigenvalue weighted by Gasteiger charge is -2.23. The zero-order valence-electron chi connectivity index (χ0n) is 22.5. The van der Waals surface area contributed by atoms with E-state index in [1.807, 2.05) is 30.3 Å². The predicted octanol–water partition coefficient (Wildman–Crippen LogP) is 4.13. The van der Waals surface area contributed by atoms with Crippen LogP contribution in [0.15, 0.2) is 60.7 Å². The lowest BCUT2D eigenvalue weighted by Crippen LogP contribution is -2.43. The summed E-state index contributed by atoms with van der Waals surface area (Å²) in [5.74, 6) is 2.55. The molecule has 2 aliphatic rings. The zero-order valence-corrected chi connectivity index (χ0v) is 22.5. The van der Waals surface area contributed by atoms with Crippen molar-refractivity contribution in [1.82, 2.24) is 15.5 Å². The number of methoxy groups -OCH3 is 1. The monoisotopic (exact) mass is 515 g/mol. The van der Waals surface area contributed by atoms with E-state index in [0.29, 0.717) is 6.54 Å². The molecule has 200 valence electrons. The number of carbonyl (C=O) groups excluding carboxylic acids is 1. The van der Waals surface area contributed by atoms with Gasteiger partial charge in [-0.05, 0) is 72.7 Å². The van der Waals surface area contributed by atoms with Crippen molar-refractivity contribution in [1.29, 1.82) is 0 Å². The molecule has 2 N–H and O–H groups in total. The van der Waals surface area contributed by atoms with Crippen LogP contribution in [0.2, 0.25) is 0 Å². The molecular weight excluding hydrogens is 478 g/mol. The van der Waals surface area contributed by atoms with E-state index >= 15 is 0 Å². The van der Waals surface area contributed by atoms with Gasteiger partial charge in [-0.1, -0.05) is 42.5 Å². The first kappa shape index (κ1) is 26.1. The molecule has 7 nitrogen and oxygen atoms in total. The number of hydrogen-bond donors (Lipinski definition) is 2. The average Bonchev–Trinajstić information content (AvgIpc) is 3.57. The van der Waals surface area contributed by atoms with Gasteiger partial charge in [-0.3, -0.25) is 9.69 Å². The third kappa shape index (κ3) is 5.95. The van der Waals surface area contributed by atoms with E-state index in [2.05, 4.69) is 59.7 Å². The third-order valence-electron chi connectivity index (χ3n) is 7.74. The molecule has 2 aliphatic heterocycles. The van der Waals surface area contributed by atoms with Crippen LogP contribution in [0.25, 0.3) is 0 Å². The van der Waals surface area contributed by atoms with E-state index in [9.17, 15) is 4.79 Å². The Labute approximate surface area is 225 Å². The smallest absolute Gasteiger partial charge is 0.237 e. The zero-order chi connectivity index (χ0) is 26.5. The van der Waals surface area contributed by atoms with Gasteiger partial charge in [0, 0.05) is 32.2 Å². The first-order valence-corrected chi connectivity index (χ1v) is 13.3. The Balaban J connectivity index is 1.21. The first-order valence-electron chi connectivity index (χ1n) is 13.3. The lowest BCUT2D eigenvalue weighted by molar-refractivity contribution is -0.125. The number of fused-ring (bicyclic) bond motifs is 1. The molecule has 0 bridgehead atoms. The maximum Gasteiger partial charge on any atom is 0.237 e. The van der Waals surface area contributed by atoms with Gasteiger partial charge in [0.1, 0.15) is 5.75 Å². The number of amides is 1. The summed E-state index contributed by atoms with van der Waals surface area (Å²) in [5.41, 5.74) is 6.01. The van der Waals surface area contributed by atoms with Crippen molar-refractivity contribution in [3.63, 3.8) is 0 Å². The van der Waals surface area contributed by atoms with E-state index in [1.54, 1.807) is 7.11 Å². The van der Waals surface area contributed by atoms with Crippen LogP contribution in [0, 0.1) is 13.8 Å². The molecule has 1 amide bonds. The molecule has 3 aromatic rings. The second-order valence-electron chi connectivity index (χ2n) is 10.1. The van der Waals surface area contributed by atoms with Crippen LogP contribution < -0.4 is 24.8 Å². The van der Waals surface area contributed by atoms with Crippen LogP contribution in [0.3, 0.4) is 0 Å². The first-order chi connectivity index (χ1) is 18.5. The Bertz CT molecular complexity index is 1260. The van der Waals surface area contributed by atoms with E-state index in [0.717, 1.165) is 55.3 Å². The molecule has 1 fully saturated rings. The minimum atomic E-state index is -0.178. The van der Waals surface area contributed by atoms with Crippen LogP contribution in [-0.2, 0) is 24.3 Å². The molecule has 0 spiro atoms. The molecule has 0 aliphatic carbocycles. The topological polar surface area (TPSA) is 72.1 Å². The van der Waals surface area contributed by atoms with E-state index in [4.69, 9.17) is 14.2 Å². The summed E-state index contributed by atoms with van der Waals surface area (Å²) in [7, 11) is 1.71. The van der Waals surface area contributed by atoms with Gasteiger partial charge in [0.15, 0.2) is 11.5 Å². The highest BCUT2D eigenvalue weighted by atomic mass is 16.7. The molecule has 1 saturated heterocycles. The van der Waals surface area contributed by atoms with Crippen molar-refractivity contribution < 1.29 is 19.0 Å². The molecule has 7 heteroatoms. The maximum atomic E-state index is 13.4. The highest BCUT2D eigenvalue weighted by Gasteiger charge is 2.36. The fourth-order valence-electron chi connectivity index (χ4n) is 5.38. The number of ether oxygens (including phenoxy) is 3. The summed E-state index contributed by atoms with van der Waals surface area (Å²) in [5, 5.41) is 6.91. The van der Waals surface area contributed by atoms with Crippen molar-refractivity contribution in [2.45, 2.75) is 51.9 Å². The van der Waals surface area contributed by atoms with Crippen LogP contribution in [-0.4, -0.2) is 49.9 Å². The average molecular weight is 516 g/mol. The van der Waals surface area contributed by atoms with Crippen molar-refractivity contribution in [3.8, 4) is 17.2 Å². The minimum Gasteiger partial charge on any atom is -0.496 e. The van der Waals surface area contributed by atoms with Crippen molar-refractivity contribution >= 4 is 5.91 Å². The van der Waals surface area contributed by atoms with Crippen LogP contribution >= 0.6 is 0 Å². The molecule has 2 atom stereocenters. The Morgan fingerprint density at radius 1 is 1.00 bits per heavy atom. The molecule has 3 aromatic carbocycles. The van der Waals surface area contributed by atoms with E-state index < -0.39 is 0 Å². The van der Waals surface area contributed by atoms with Crippen molar-refractivity contribution in [2.24, 2.45) is 0 Å². The van der Waals surface area contributed by atoms with Gasteiger partial charge in [-0.15, -0.1) is 0 Å². The standard InChI is InChI=1S/C31H37N3O4/c1-21-22(2)28(36-3)12-10-25(21)17-33-26-16-27(34(19-26)18-24-7-5-4-6-8-24)31(35)32-14-13-23-9-11-29-30(15-23)38-20-37-29/h4-12,15,26-27,33H,13-14,16-20H2,1-3H3,(H,32,35)/t26-,27-/m0/s1. The van der Waals surface area contributed by atoms with Crippen molar-refractivity contribution in [2.75, 3.05) is 27.0 Å². The van der Waals surface area contributed by atoms with Gasteiger partial charge in [0.2, 0.25) is 12.7 Å².